The number of fused-ring (bicyclic) bond motifs is 1. The summed E-state index contributed by atoms with van der Waals surface area (Å²) >= 11 is 0. The topological polar surface area (TPSA) is 112 Å². The summed E-state index contributed by atoms with van der Waals surface area (Å²) in [6.45, 7) is 2.08. The quantitative estimate of drug-likeness (QED) is 0.663. The first-order valence-corrected chi connectivity index (χ1v) is 8.65. The van der Waals surface area contributed by atoms with E-state index in [1.807, 2.05) is 6.07 Å². The molecule has 0 fully saturated rings. The number of aromatic nitrogens is 3. The van der Waals surface area contributed by atoms with Gasteiger partial charge < -0.3 is 16.0 Å². The molecule has 0 saturated carbocycles. The van der Waals surface area contributed by atoms with Crippen LogP contribution in [-0.4, -0.2) is 27.1 Å². The molecule has 2 aromatic rings. The Morgan fingerprint density at radius 3 is 3.08 bits per heavy atom. The standard InChI is InChI=1S/C18H20N6O2/c1-10-15(16(22-18(26)21-10)11-4-3-7-19-8-11)17(25)20-9-14-12-5-2-6-13(12)23-24-14/h3-4,7-8,16H,2,5-6,9H2,1H3,(H,20,25)(H,23,24)(H2,21,22,26). The molecule has 1 unspecified atom stereocenters. The summed E-state index contributed by atoms with van der Waals surface area (Å²) in [6.07, 6.45) is 6.43. The molecule has 4 rings (SSSR count). The van der Waals surface area contributed by atoms with Gasteiger partial charge in [-0.3, -0.25) is 14.9 Å². The number of carbonyl (C=O) groups excluding carboxylic acids is 2. The van der Waals surface area contributed by atoms with Crippen LogP contribution in [0.5, 0.6) is 0 Å². The van der Waals surface area contributed by atoms with Gasteiger partial charge in [0, 0.05) is 23.8 Å². The van der Waals surface area contributed by atoms with E-state index in [1.165, 1.54) is 11.3 Å². The number of aromatic amines is 1. The molecule has 1 atom stereocenters. The van der Waals surface area contributed by atoms with Crippen LogP contribution in [-0.2, 0) is 24.2 Å². The molecular weight excluding hydrogens is 332 g/mol. The van der Waals surface area contributed by atoms with Crippen LogP contribution in [0.1, 0.15) is 41.9 Å². The number of aryl methyl sites for hydroxylation is 1. The molecule has 0 bridgehead atoms. The molecule has 0 saturated heterocycles. The molecule has 1 aliphatic carbocycles. The van der Waals surface area contributed by atoms with Crippen LogP contribution in [0.3, 0.4) is 0 Å². The molecule has 1 aliphatic heterocycles. The molecule has 0 spiro atoms. The second-order valence-electron chi connectivity index (χ2n) is 6.52. The Balaban J connectivity index is 1.55. The second kappa shape index (κ2) is 6.62. The van der Waals surface area contributed by atoms with Gasteiger partial charge in [0.05, 0.1) is 23.9 Å². The normalized spacial score (nSPS) is 19.0. The Morgan fingerprint density at radius 2 is 2.27 bits per heavy atom. The lowest BCUT2D eigenvalue weighted by Gasteiger charge is -2.28. The van der Waals surface area contributed by atoms with Crippen molar-refractivity contribution < 1.29 is 9.59 Å². The molecule has 2 aromatic heterocycles. The number of urea groups is 1. The number of pyridine rings is 1. The number of amides is 3. The van der Waals surface area contributed by atoms with Crippen molar-refractivity contribution in [2.24, 2.45) is 0 Å². The van der Waals surface area contributed by atoms with Crippen LogP contribution in [0.15, 0.2) is 35.8 Å². The van der Waals surface area contributed by atoms with Gasteiger partial charge in [-0.25, -0.2) is 4.79 Å². The Hall–Kier alpha value is -3.16. The third-order valence-corrected chi connectivity index (χ3v) is 4.84. The van der Waals surface area contributed by atoms with Crippen molar-refractivity contribution in [1.29, 1.82) is 0 Å². The zero-order chi connectivity index (χ0) is 18.1. The highest BCUT2D eigenvalue weighted by Crippen LogP contribution is 2.27. The predicted octanol–water partition coefficient (Wildman–Crippen LogP) is 1.24. The third-order valence-electron chi connectivity index (χ3n) is 4.84. The molecule has 0 aromatic carbocycles. The van der Waals surface area contributed by atoms with Crippen molar-refractivity contribution in [3.63, 3.8) is 0 Å². The van der Waals surface area contributed by atoms with Gasteiger partial charge in [-0.05, 0) is 43.4 Å². The van der Waals surface area contributed by atoms with E-state index < -0.39 is 6.04 Å². The monoisotopic (exact) mass is 352 g/mol. The smallest absolute Gasteiger partial charge is 0.319 e. The summed E-state index contributed by atoms with van der Waals surface area (Å²) < 4.78 is 0. The minimum atomic E-state index is -0.539. The molecule has 0 radical (unpaired) electrons. The fourth-order valence-corrected chi connectivity index (χ4v) is 3.59. The average Bonchev–Trinajstić information content (AvgIpc) is 3.24. The Bertz CT molecular complexity index is 886. The zero-order valence-corrected chi connectivity index (χ0v) is 14.4. The number of carbonyl (C=O) groups is 2. The minimum absolute atomic E-state index is 0.237. The zero-order valence-electron chi connectivity index (χ0n) is 14.4. The molecule has 2 aliphatic rings. The first-order chi connectivity index (χ1) is 12.6. The van der Waals surface area contributed by atoms with E-state index in [4.69, 9.17) is 0 Å². The molecule has 8 heteroatoms. The predicted molar refractivity (Wildman–Crippen MR) is 93.8 cm³/mol. The SMILES string of the molecule is CC1=C(C(=O)NCc2n[nH]c3c2CCC3)C(c2cccnc2)NC(=O)N1. The number of nitrogens with zero attached hydrogens (tertiary/aromatic N) is 2. The molecule has 134 valence electrons. The summed E-state index contributed by atoms with van der Waals surface area (Å²) in [5.41, 5.74) is 5.04. The highest BCUT2D eigenvalue weighted by Gasteiger charge is 2.31. The highest BCUT2D eigenvalue weighted by molar-refractivity contribution is 5.98. The molecule has 4 N–H and O–H groups in total. The summed E-state index contributed by atoms with van der Waals surface area (Å²) in [5, 5.41) is 15.8. The lowest BCUT2D eigenvalue weighted by Crippen LogP contribution is -2.47. The van der Waals surface area contributed by atoms with Crippen LogP contribution >= 0.6 is 0 Å². The fraction of sp³-hybridized carbons (Fsp3) is 0.333. The van der Waals surface area contributed by atoms with E-state index in [0.717, 1.165) is 30.5 Å². The number of H-pyrrole nitrogens is 1. The maximum absolute atomic E-state index is 12.9. The van der Waals surface area contributed by atoms with Gasteiger partial charge >= 0.3 is 6.03 Å². The van der Waals surface area contributed by atoms with E-state index in [1.54, 1.807) is 25.4 Å². The van der Waals surface area contributed by atoms with Crippen LogP contribution in [0.2, 0.25) is 0 Å². The van der Waals surface area contributed by atoms with Crippen molar-refractivity contribution in [1.82, 2.24) is 31.1 Å². The summed E-state index contributed by atoms with van der Waals surface area (Å²) in [6, 6.07) is 2.74. The van der Waals surface area contributed by atoms with Crippen LogP contribution in [0.25, 0.3) is 0 Å². The molecular formula is C18H20N6O2. The fourth-order valence-electron chi connectivity index (χ4n) is 3.59. The van der Waals surface area contributed by atoms with E-state index in [2.05, 4.69) is 31.1 Å². The van der Waals surface area contributed by atoms with Gasteiger partial charge in [0.25, 0.3) is 5.91 Å². The Kier molecular flexibility index (Phi) is 4.16. The average molecular weight is 352 g/mol. The second-order valence-corrected chi connectivity index (χ2v) is 6.52. The Labute approximate surface area is 150 Å². The van der Waals surface area contributed by atoms with Gasteiger partial charge in [0.2, 0.25) is 0 Å². The number of rotatable bonds is 4. The maximum Gasteiger partial charge on any atom is 0.319 e. The van der Waals surface area contributed by atoms with E-state index >= 15 is 0 Å². The van der Waals surface area contributed by atoms with Crippen LogP contribution in [0, 0.1) is 0 Å². The van der Waals surface area contributed by atoms with Gasteiger partial charge in [0.15, 0.2) is 0 Å². The van der Waals surface area contributed by atoms with Crippen LogP contribution < -0.4 is 16.0 Å². The summed E-state index contributed by atoms with van der Waals surface area (Å²) in [5.74, 6) is -0.237. The van der Waals surface area contributed by atoms with Gasteiger partial charge in [-0.2, -0.15) is 5.10 Å². The first kappa shape index (κ1) is 16.3. The minimum Gasteiger partial charge on any atom is -0.346 e. The van der Waals surface area contributed by atoms with E-state index in [9.17, 15) is 9.59 Å². The summed E-state index contributed by atoms with van der Waals surface area (Å²) in [4.78, 5) is 28.8. The molecule has 3 amide bonds. The number of allylic oxidation sites excluding steroid dienone is 1. The van der Waals surface area contributed by atoms with Gasteiger partial charge in [-0.1, -0.05) is 6.07 Å². The Morgan fingerprint density at radius 1 is 1.38 bits per heavy atom. The van der Waals surface area contributed by atoms with Crippen molar-refractivity contribution >= 4 is 11.9 Å². The third kappa shape index (κ3) is 2.94. The van der Waals surface area contributed by atoms with Crippen molar-refractivity contribution in [3.8, 4) is 0 Å². The van der Waals surface area contributed by atoms with E-state index in [-0.39, 0.29) is 11.9 Å². The molecule has 3 heterocycles. The van der Waals surface area contributed by atoms with E-state index in [0.29, 0.717) is 17.8 Å². The van der Waals surface area contributed by atoms with Crippen LogP contribution in [0.4, 0.5) is 4.79 Å². The first-order valence-electron chi connectivity index (χ1n) is 8.65. The highest BCUT2D eigenvalue weighted by atomic mass is 16.2. The lowest BCUT2D eigenvalue weighted by atomic mass is 9.96. The number of hydrogen-bond donors (Lipinski definition) is 4. The van der Waals surface area contributed by atoms with Crippen molar-refractivity contribution in [3.05, 3.63) is 58.3 Å². The number of hydrogen-bond acceptors (Lipinski definition) is 4. The molecule has 8 nitrogen and oxygen atoms in total. The maximum atomic E-state index is 12.9. The lowest BCUT2D eigenvalue weighted by molar-refractivity contribution is -0.118. The largest absolute Gasteiger partial charge is 0.346 e. The molecule has 26 heavy (non-hydrogen) atoms. The van der Waals surface area contributed by atoms with Gasteiger partial charge in [0.1, 0.15) is 0 Å². The van der Waals surface area contributed by atoms with Gasteiger partial charge in [-0.15, -0.1) is 0 Å². The summed E-state index contributed by atoms with van der Waals surface area (Å²) in [7, 11) is 0. The number of nitrogens with one attached hydrogen (secondary N) is 4. The van der Waals surface area contributed by atoms with Crippen molar-refractivity contribution in [2.45, 2.75) is 38.8 Å². The van der Waals surface area contributed by atoms with Crippen molar-refractivity contribution in [2.75, 3.05) is 0 Å².